The third-order valence-corrected chi connectivity index (χ3v) is 6.86. The predicted molar refractivity (Wildman–Crippen MR) is 126 cm³/mol. The number of aromatic nitrogens is 1. The Balaban J connectivity index is 1.44. The van der Waals surface area contributed by atoms with Crippen molar-refractivity contribution in [2.24, 2.45) is 0 Å². The number of rotatable bonds is 6. The lowest BCUT2D eigenvalue weighted by molar-refractivity contribution is -0.132. The molecule has 8 heteroatoms. The molecule has 1 atom stereocenters. The van der Waals surface area contributed by atoms with E-state index >= 15 is 0 Å². The number of aromatic amines is 1. The topological polar surface area (TPSA) is 95.8 Å². The van der Waals surface area contributed by atoms with Crippen molar-refractivity contribution in [1.82, 2.24) is 9.88 Å². The first-order valence-electron chi connectivity index (χ1n) is 10.8. The second-order valence-corrected chi connectivity index (χ2v) is 9.01. The summed E-state index contributed by atoms with van der Waals surface area (Å²) in [5.74, 6) is -0.684. The molecule has 0 saturated carbocycles. The SMILES string of the molecule is COCc1cc(=O)c(O)c([C@@H](CC(=O)N2CCc3c([nH]c4ccccc34)C2)c2ccsc2)o1. The maximum Gasteiger partial charge on any atom is 0.227 e. The minimum Gasteiger partial charge on any atom is -0.502 e. The van der Waals surface area contributed by atoms with E-state index in [4.69, 9.17) is 9.15 Å². The zero-order chi connectivity index (χ0) is 22.9. The fourth-order valence-corrected chi connectivity index (χ4v) is 5.26. The molecule has 4 heterocycles. The quantitative estimate of drug-likeness (QED) is 0.447. The number of nitrogens with one attached hydrogen (secondary N) is 1. The molecule has 0 radical (unpaired) electrons. The lowest BCUT2D eigenvalue weighted by Gasteiger charge is -2.28. The third-order valence-electron chi connectivity index (χ3n) is 6.16. The van der Waals surface area contributed by atoms with Gasteiger partial charge in [-0.2, -0.15) is 11.3 Å². The van der Waals surface area contributed by atoms with Gasteiger partial charge in [-0.05, 0) is 40.4 Å². The van der Waals surface area contributed by atoms with Crippen LogP contribution >= 0.6 is 11.3 Å². The first-order chi connectivity index (χ1) is 16.0. The highest BCUT2D eigenvalue weighted by Crippen LogP contribution is 2.35. The van der Waals surface area contributed by atoms with Crippen LogP contribution in [-0.4, -0.2) is 34.6 Å². The van der Waals surface area contributed by atoms with Crippen LogP contribution in [0.2, 0.25) is 0 Å². The Morgan fingerprint density at radius 2 is 2.18 bits per heavy atom. The first-order valence-corrected chi connectivity index (χ1v) is 11.7. The number of nitrogens with zero attached hydrogens (tertiary/aromatic N) is 1. The maximum atomic E-state index is 13.4. The van der Waals surface area contributed by atoms with Gasteiger partial charge < -0.3 is 24.1 Å². The van der Waals surface area contributed by atoms with Crippen LogP contribution in [0.25, 0.3) is 10.9 Å². The second kappa shape index (κ2) is 8.88. The molecule has 0 spiro atoms. The Labute approximate surface area is 194 Å². The number of benzene rings is 1. The van der Waals surface area contributed by atoms with Crippen molar-refractivity contribution in [2.75, 3.05) is 13.7 Å². The summed E-state index contributed by atoms with van der Waals surface area (Å²) >= 11 is 1.49. The van der Waals surface area contributed by atoms with Gasteiger partial charge in [-0.15, -0.1) is 0 Å². The molecule has 5 rings (SSSR count). The summed E-state index contributed by atoms with van der Waals surface area (Å²) in [6.45, 7) is 1.21. The number of H-pyrrole nitrogens is 1. The predicted octanol–water partition coefficient (Wildman–Crippen LogP) is 4.14. The number of amides is 1. The van der Waals surface area contributed by atoms with Crippen LogP contribution in [0.5, 0.6) is 5.75 Å². The number of ether oxygens (including phenoxy) is 1. The fourth-order valence-electron chi connectivity index (χ4n) is 4.55. The molecule has 3 aromatic heterocycles. The van der Waals surface area contributed by atoms with Gasteiger partial charge in [-0.25, -0.2) is 0 Å². The Hall–Kier alpha value is -3.36. The average molecular weight is 465 g/mol. The van der Waals surface area contributed by atoms with Gasteiger partial charge in [0.1, 0.15) is 12.4 Å². The average Bonchev–Trinajstić information content (AvgIpc) is 3.47. The van der Waals surface area contributed by atoms with Gasteiger partial charge in [0.15, 0.2) is 5.76 Å². The summed E-state index contributed by atoms with van der Waals surface area (Å²) in [7, 11) is 1.50. The lowest BCUT2D eigenvalue weighted by Crippen LogP contribution is -2.36. The van der Waals surface area contributed by atoms with Crippen molar-refractivity contribution in [1.29, 1.82) is 0 Å². The summed E-state index contributed by atoms with van der Waals surface area (Å²) in [5.41, 5.74) is 3.68. The third kappa shape index (κ3) is 4.07. The van der Waals surface area contributed by atoms with E-state index in [-0.39, 0.29) is 24.7 Å². The van der Waals surface area contributed by atoms with E-state index in [1.807, 2.05) is 39.9 Å². The number of methoxy groups -OCH3 is 1. The number of thiophene rings is 1. The van der Waals surface area contributed by atoms with E-state index in [0.29, 0.717) is 18.8 Å². The van der Waals surface area contributed by atoms with Crippen molar-refractivity contribution >= 4 is 28.1 Å². The molecule has 170 valence electrons. The molecule has 1 amide bonds. The number of aromatic hydroxyl groups is 1. The fraction of sp³-hybridized carbons (Fsp3) is 0.280. The number of hydrogen-bond donors (Lipinski definition) is 2. The van der Waals surface area contributed by atoms with Crippen molar-refractivity contribution in [2.45, 2.75) is 31.9 Å². The number of carbonyl (C=O) groups excluding carboxylic acids is 1. The minimum atomic E-state index is -0.572. The Morgan fingerprint density at radius 1 is 1.33 bits per heavy atom. The lowest BCUT2D eigenvalue weighted by atomic mass is 9.93. The van der Waals surface area contributed by atoms with Crippen molar-refractivity contribution in [3.05, 3.63) is 85.7 Å². The van der Waals surface area contributed by atoms with Gasteiger partial charge in [0.25, 0.3) is 0 Å². The van der Waals surface area contributed by atoms with Gasteiger partial charge in [0.2, 0.25) is 17.1 Å². The summed E-state index contributed by atoms with van der Waals surface area (Å²) in [4.78, 5) is 31.0. The highest BCUT2D eigenvalue weighted by molar-refractivity contribution is 7.08. The highest BCUT2D eigenvalue weighted by atomic mass is 32.1. The van der Waals surface area contributed by atoms with E-state index in [1.54, 1.807) is 0 Å². The van der Waals surface area contributed by atoms with Gasteiger partial charge >= 0.3 is 0 Å². The van der Waals surface area contributed by atoms with Gasteiger partial charge in [0.05, 0.1) is 12.5 Å². The normalized spacial score (nSPS) is 14.4. The molecule has 0 unspecified atom stereocenters. The monoisotopic (exact) mass is 464 g/mol. The zero-order valence-electron chi connectivity index (χ0n) is 18.2. The van der Waals surface area contributed by atoms with Crippen molar-refractivity contribution in [3.63, 3.8) is 0 Å². The van der Waals surface area contributed by atoms with Crippen molar-refractivity contribution < 1.29 is 19.1 Å². The van der Waals surface area contributed by atoms with E-state index < -0.39 is 17.1 Å². The molecule has 0 bridgehead atoms. The van der Waals surface area contributed by atoms with E-state index in [9.17, 15) is 14.7 Å². The van der Waals surface area contributed by atoms with Crippen molar-refractivity contribution in [3.8, 4) is 5.75 Å². The smallest absolute Gasteiger partial charge is 0.227 e. The van der Waals surface area contributed by atoms with Gasteiger partial charge in [0, 0.05) is 42.7 Å². The Morgan fingerprint density at radius 3 is 2.97 bits per heavy atom. The first kappa shape index (κ1) is 21.5. The zero-order valence-corrected chi connectivity index (χ0v) is 19.0. The van der Waals surface area contributed by atoms with Crippen LogP contribution in [0.4, 0.5) is 0 Å². The summed E-state index contributed by atoms with van der Waals surface area (Å²) in [6.07, 6.45) is 0.858. The largest absolute Gasteiger partial charge is 0.502 e. The van der Waals surface area contributed by atoms with Gasteiger partial charge in [-0.1, -0.05) is 18.2 Å². The molecule has 7 nitrogen and oxygen atoms in total. The number of hydrogen-bond acceptors (Lipinski definition) is 6. The summed E-state index contributed by atoms with van der Waals surface area (Å²) in [5, 5.41) is 15.5. The maximum absolute atomic E-state index is 13.4. The van der Waals surface area contributed by atoms with Crippen LogP contribution in [0, 0.1) is 0 Å². The molecule has 0 saturated heterocycles. The Kier molecular flexibility index (Phi) is 5.78. The molecule has 1 aliphatic heterocycles. The van der Waals surface area contributed by atoms with Crippen LogP contribution in [0.3, 0.4) is 0 Å². The van der Waals surface area contributed by atoms with E-state index in [1.165, 1.54) is 35.5 Å². The molecule has 2 N–H and O–H groups in total. The molecule has 0 fully saturated rings. The van der Waals surface area contributed by atoms with E-state index in [0.717, 1.165) is 23.2 Å². The molecular weight excluding hydrogens is 440 g/mol. The van der Waals surface area contributed by atoms with E-state index in [2.05, 4.69) is 11.1 Å². The van der Waals surface area contributed by atoms with Crippen LogP contribution in [-0.2, 0) is 29.1 Å². The number of para-hydroxylation sites is 1. The highest BCUT2D eigenvalue weighted by Gasteiger charge is 2.30. The number of carbonyl (C=O) groups is 1. The second-order valence-electron chi connectivity index (χ2n) is 8.23. The summed E-state index contributed by atoms with van der Waals surface area (Å²) < 4.78 is 10.9. The van der Waals surface area contributed by atoms with Crippen LogP contribution in [0.1, 0.15) is 40.7 Å². The standard InChI is InChI=1S/C25H24N2O5S/c1-31-13-16-10-22(28)24(30)25(32-16)19(15-7-9-33-14-15)11-23(29)27-8-6-18-17-4-2-3-5-20(17)26-21(18)12-27/h2-5,7,9-10,14,19,26,30H,6,8,11-13H2,1H3/t19-/m0/s1. The van der Waals surface area contributed by atoms with Crippen LogP contribution < -0.4 is 5.43 Å². The van der Waals surface area contributed by atoms with Crippen LogP contribution in [0.15, 0.2) is 56.4 Å². The molecular formula is C25H24N2O5S. The Bertz CT molecular complexity index is 1360. The molecule has 0 aliphatic carbocycles. The molecule has 4 aromatic rings. The minimum absolute atomic E-state index is 0.0605. The van der Waals surface area contributed by atoms with Gasteiger partial charge in [-0.3, -0.25) is 9.59 Å². The molecule has 1 aromatic carbocycles. The summed E-state index contributed by atoms with van der Waals surface area (Å²) in [6, 6.07) is 11.3. The molecule has 33 heavy (non-hydrogen) atoms. The molecule has 1 aliphatic rings. The number of fused-ring (bicyclic) bond motifs is 3.